The SMILES string of the molecule is CC(C)c1nc(CO)[nH]c1C1CCCCCC1. The molecule has 0 aliphatic heterocycles. The largest absolute Gasteiger partial charge is 0.388 e. The summed E-state index contributed by atoms with van der Waals surface area (Å²) < 4.78 is 0. The number of aliphatic hydroxyl groups excluding tert-OH is 1. The smallest absolute Gasteiger partial charge is 0.132 e. The molecule has 2 rings (SSSR count). The Morgan fingerprint density at radius 3 is 2.41 bits per heavy atom. The highest BCUT2D eigenvalue weighted by Crippen LogP contribution is 2.34. The Morgan fingerprint density at radius 2 is 1.88 bits per heavy atom. The van der Waals surface area contributed by atoms with E-state index in [1.165, 1.54) is 49.9 Å². The summed E-state index contributed by atoms with van der Waals surface area (Å²) in [5, 5.41) is 9.22. The van der Waals surface area contributed by atoms with Crippen molar-refractivity contribution >= 4 is 0 Å². The minimum Gasteiger partial charge on any atom is -0.388 e. The standard InChI is InChI=1S/C14H24N2O/c1-10(2)13-14(16-12(9-17)15-13)11-7-5-3-4-6-8-11/h10-11,17H,3-9H2,1-2H3,(H,15,16). The maximum atomic E-state index is 9.22. The Morgan fingerprint density at radius 1 is 1.24 bits per heavy atom. The Bertz CT molecular complexity index is 349. The molecule has 0 saturated heterocycles. The fourth-order valence-electron chi connectivity index (χ4n) is 2.85. The number of rotatable bonds is 3. The van der Waals surface area contributed by atoms with Gasteiger partial charge in [0, 0.05) is 11.6 Å². The molecule has 0 aromatic carbocycles. The van der Waals surface area contributed by atoms with Gasteiger partial charge in [0.2, 0.25) is 0 Å². The van der Waals surface area contributed by atoms with Crippen LogP contribution in [0.4, 0.5) is 0 Å². The van der Waals surface area contributed by atoms with E-state index in [4.69, 9.17) is 0 Å². The molecule has 3 heteroatoms. The molecule has 96 valence electrons. The third kappa shape index (κ3) is 2.89. The summed E-state index contributed by atoms with van der Waals surface area (Å²) >= 11 is 0. The number of nitrogens with one attached hydrogen (secondary N) is 1. The highest BCUT2D eigenvalue weighted by molar-refractivity contribution is 5.22. The quantitative estimate of drug-likeness (QED) is 0.789. The lowest BCUT2D eigenvalue weighted by Crippen LogP contribution is -2.03. The zero-order valence-corrected chi connectivity index (χ0v) is 11.0. The first-order valence-corrected chi connectivity index (χ1v) is 6.92. The molecule has 1 saturated carbocycles. The van der Waals surface area contributed by atoms with Crippen molar-refractivity contribution in [3.05, 3.63) is 17.2 Å². The number of aromatic amines is 1. The van der Waals surface area contributed by atoms with Crippen molar-refractivity contribution in [2.75, 3.05) is 0 Å². The topological polar surface area (TPSA) is 48.9 Å². The van der Waals surface area contributed by atoms with E-state index in [2.05, 4.69) is 23.8 Å². The van der Waals surface area contributed by atoms with Crippen LogP contribution in [0.3, 0.4) is 0 Å². The zero-order chi connectivity index (χ0) is 12.3. The van der Waals surface area contributed by atoms with Crippen molar-refractivity contribution in [1.82, 2.24) is 9.97 Å². The maximum Gasteiger partial charge on any atom is 0.132 e. The first-order chi connectivity index (χ1) is 8.22. The van der Waals surface area contributed by atoms with Crippen molar-refractivity contribution in [3.63, 3.8) is 0 Å². The molecule has 1 aliphatic rings. The predicted molar refractivity (Wildman–Crippen MR) is 69.0 cm³/mol. The number of hydrogen-bond acceptors (Lipinski definition) is 2. The van der Waals surface area contributed by atoms with Gasteiger partial charge in [0.25, 0.3) is 0 Å². The van der Waals surface area contributed by atoms with Gasteiger partial charge in [-0.3, -0.25) is 0 Å². The Kier molecular flexibility index (Phi) is 4.21. The molecule has 0 bridgehead atoms. The van der Waals surface area contributed by atoms with E-state index in [9.17, 15) is 5.11 Å². The molecule has 0 radical (unpaired) electrons. The third-order valence-corrected chi connectivity index (χ3v) is 3.77. The Balaban J connectivity index is 2.25. The first-order valence-electron chi connectivity index (χ1n) is 6.92. The second kappa shape index (κ2) is 5.67. The van der Waals surface area contributed by atoms with Crippen LogP contribution in [0, 0.1) is 0 Å². The van der Waals surface area contributed by atoms with Gasteiger partial charge in [-0.1, -0.05) is 39.5 Å². The van der Waals surface area contributed by atoms with Gasteiger partial charge in [0.05, 0.1) is 5.69 Å². The molecule has 0 atom stereocenters. The van der Waals surface area contributed by atoms with Gasteiger partial charge in [-0.2, -0.15) is 0 Å². The summed E-state index contributed by atoms with van der Waals surface area (Å²) in [5.74, 6) is 1.79. The molecular weight excluding hydrogens is 212 g/mol. The normalized spacial score (nSPS) is 18.6. The van der Waals surface area contributed by atoms with E-state index in [1.54, 1.807) is 0 Å². The molecule has 0 unspecified atom stereocenters. The molecule has 17 heavy (non-hydrogen) atoms. The summed E-state index contributed by atoms with van der Waals surface area (Å²) in [5.41, 5.74) is 2.46. The van der Waals surface area contributed by atoms with Gasteiger partial charge in [-0.15, -0.1) is 0 Å². The lowest BCUT2D eigenvalue weighted by Gasteiger charge is -2.15. The van der Waals surface area contributed by atoms with Crippen LogP contribution in [-0.4, -0.2) is 15.1 Å². The fraction of sp³-hybridized carbons (Fsp3) is 0.786. The van der Waals surface area contributed by atoms with Crippen LogP contribution in [0.15, 0.2) is 0 Å². The molecule has 1 aromatic heterocycles. The number of hydrogen-bond donors (Lipinski definition) is 2. The Hall–Kier alpha value is -0.830. The van der Waals surface area contributed by atoms with Crippen LogP contribution in [0.1, 0.15) is 81.4 Å². The van der Waals surface area contributed by atoms with Crippen LogP contribution in [-0.2, 0) is 6.61 Å². The maximum absolute atomic E-state index is 9.22. The van der Waals surface area contributed by atoms with Gasteiger partial charge in [0.1, 0.15) is 12.4 Å². The van der Waals surface area contributed by atoms with Crippen LogP contribution in [0.5, 0.6) is 0 Å². The summed E-state index contributed by atoms with van der Waals surface area (Å²) in [4.78, 5) is 7.88. The third-order valence-electron chi connectivity index (χ3n) is 3.77. The van der Waals surface area contributed by atoms with Crippen LogP contribution in [0.2, 0.25) is 0 Å². The molecule has 1 fully saturated rings. The molecule has 0 amide bonds. The fourth-order valence-corrected chi connectivity index (χ4v) is 2.85. The van der Waals surface area contributed by atoms with Crippen LogP contribution in [0.25, 0.3) is 0 Å². The van der Waals surface area contributed by atoms with Gasteiger partial charge < -0.3 is 10.1 Å². The van der Waals surface area contributed by atoms with Crippen molar-refractivity contribution < 1.29 is 5.11 Å². The minimum atomic E-state index is 0.0203. The lowest BCUT2D eigenvalue weighted by atomic mass is 9.92. The summed E-state index contributed by atoms with van der Waals surface area (Å²) in [6, 6.07) is 0. The van der Waals surface area contributed by atoms with Crippen molar-refractivity contribution in [2.24, 2.45) is 0 Å². The highest BCUT2D eigenvalue weighted by Gasteiger charge is 2.22. The van der Waals surface area contributed by atoms with Crippen molar-refractivity contribution in [1.29, 1.82) is 0 Å². The Labute approximate surface area is 104 Å². The average molecular weight is 236 g/mol. The molecular formula is C14H24N2O. The summed E-state index contributed by atoms with van der Waals surface area (Å²) in [6.45, 7) is 4.38. The van der Waals surface area contributed by atoms with E-state index < -0.39 is 0 Å². The molecule has 1 aromatic rings. The van der Waals surface area contributed by atoms with Gasteiger partial charge in [-0.25, -0.2) is 4.98 Å². The van der Waals surface area contributed by atoms with Crippen molar-refractivity contribution in [2.45, 2.75) is 70.8 Å². The van der Waals surface area contributed by atoms with E-state index >= 15 is 0 Å². The van der Waals surface area contributed by atoms with Gasteiger partial charge in [-0.05, 0) is 18.8 Å². The predicted octanol–water partition coefficient (Wildman–Crippen LogP) is 3.46. The number of imidazole rings is 1. The van der Waals surface area contributed by atoms with Crippen molar-refractivity contribution in [3.8, 4) is 0 Å². The van der Waals surface area contributed by atoms with Gasteiger partial charge in [0.15, 0.2) is 0 Å². The number of aliphatic hydroxyl groups is 1. The number of H-pyrrole nitrogens is 1. The van der Waals surface area contributed by atoms with Gasteiger partial charge >= 0.3 is 0 Å². The molecule has 3 nitrogen and oxygen atoms in total. The molecule has 1 aliphatic carbocycles. The average Bonchev–Trinajstić information content (AvgIpc) is 2.57. The number of nitrogens with zero attached hydrogens (tertiary/aromatic N) is 1. The molecule has 1 heterocycles. The van der Waals surface area contributed by atoms with Crippen LogP contribution < -0.4 is 0 Å². The minimum absolute atomic E-state index is 0.0203. The summed E-state index contributed by atoms with van der Waals surface area (Å²) in [6.07, 6.45) is 7.94. The lowest BCUT2D eigenvalue weighted by molar-refractivity contribution is 0.272. The van der Waals surface area contributed by atoms with E-state index in [-0.39, 0.29) is 6.61 Å². The van der Waals surface area contributed by atoms with E-state index in [1.807, 2.05) is 0 Å². The second-order valence-electron chi connectivity index (χ2n) is 5.48. The monoisotopic (exact) mass is 236 g/mol. The number of aromatic nitrogens is 2. The first kappa shape index (κ1) is 12.6. The van der Waals surface area contributed by atoms with E-state index in [0.29, 0.717) is 11.8 Å². The molecule has 0 spiro atoms. The second-order valence-corrected chi connectivity index (χ2v) is 5.48. The van der Waals surface area contributed by atoms with Crippen LogP contribution >= 0.6 is 0 Å². The summed E-state index contributed by atoms with van der Waals surface area (Å²) in [7, 11) is 0. The van der Waals surface area contributed by atoms with E-state index in [0.717, 1.165) is 5.82 Å². The highest BCUT2D eigenvalue weighted by atomic mass is 16.3. The zero-order valence-electron chi connectivity index (χ0n) is 11.0. The molecule has 2 N–H and O–H groups in total.